The summed E-state index contributed by atoms with van der Waals surface area (Å²) in [6.45, 7) is 0. The van der Waals surface area contributed by atoms with Crippen molar-refractivity contribution >= 4 is 0 Å². The molecule has 1 aliphatic rings. The Hall–Kier alpha value is -1.68. The minimum atomic E-state index is 0.321. The van der Waals surface area contributed by atoms with Crippen molar-refractivity contribution in [2.24, 2.45) is 0 Å². The molecule has 2 atom stereocenters. The van der Waals surface area contributed by atoms with Gasteiger partial charge in [0.1, 0.15) is 12.7 Å². The second kappa shape index (κ2) is 4.30. The molecule has 0 spiro atoms. The molecule has 0 amide bonds. The van der Waals surface area contributed by atoms with Crippen LogP contribution in [0.4, 0.5) is 0 Å². The normalized spacial score (nSPS) is 23.4. The van der Waals surface area contributed by atoms with Crippen LogP contribution in [0, 0.1) is 0 Å². The second-order valence-corrected chi connectivity index (χ2v) is 4.45. The first-order chi connectivity index (χ1) is 8.40. The number of nitrogens with zero attached hydrogens (tertiary/aromatic N) is 3. The van der Waals surface area contributed by atoms with E-state index in [9.17, 15) is 0 Å². The van der Waals surface area contributed by atoms with Crippen LogP contribution in [-0.2, 0) is 6.42 Å². The number of hydrogen-bond donors (Lipinski definition) is 1. The van der Waals surface area contributed by atoms with Crippen molar-refractivity contribution in [3.8, 4) is 0 Å². The van der Waals surface area contributed by atoms with E-state index in [0.717, 1.165) is 12.8 Å². The number of aryl methyl sites for hydroxylation is 1. The van der Waals surface area contributed by atoms with Gasteiger partial charge in [-0.2, -0.15) is 5.10 Å². The molecule has 1 N–H and O–H groups in total. The molecule has 0 saturated carbocycles. The van der Waals surface area contributed by atoms with Crippen LogP contribution in [0.25, 0.3) is 0 Å². The molecule has 4 heteroatoms. The number of rotatable bonds is 2. The van der Waals surface area contributed by atoms with E-state index in [1.807, 2.05) is 18.1 Å². The van der Waals surface area contributed by atoms with Crippen LogP contribution in [0.2, 0.25) is 0 Å². The third kappa shape index (κ3) is 1.74. The zero-order chi connectivity index (χ0) is 11.7. The van der Waals surface area contributed by atoms with Gasteiger partial charge >= 0.3 is 0 Å². The van der Waals surface area contributed by atoms with Crippen molar-refractivity contribution in [2.45, 2.75) is 24.9 Å². The van der Waals surface area contributed by atoms with Crippen LogP contribution in [0.3, 0.4) is 0 Å². The summed E-state index contributed by atoms with van der Waals surface area (Å²) in [6.07, 6.45) is 5.63. The lowest BCUT2D eigenvalue weighted by molar-refractivity contribution is 0.308. The van der Waals surface area contributed by atoms with E-state index >= 15 is 0 Å². The van der Waals surface area contributed by atoms with Gasteiger partial charge in [0, 0.05) is 0 Å². The highest BCUT2D eigenvalue weighted by molar-refractivity contribution is 5.33. The molecule has 17 heavy (non-hydrogen) atoms. The highest BCUT2D eigenvalue weighted by Gasteiger charge is 2.29. The first kappa shape index (κ1) is 10.5. The SMILES string of the molecule is CNC1c2ccccc2CCC1n1cncn1. The molecule has 3 rings (SSSR count). The van der Waals surface area contributed by atoms with Gasteiger partial charge in [-0.3, -0.25) is 0 Å². The molecular formula is C13H16N4. The van der Waals surface area contributed by atoms with Gasteiger partial charge in [-0.05, 0) is 31.0 Å². The van der Waals surface area contributed by atoms with E-state index in [1.165, 1.54) is 11.1 Å². The van der Waals surface area contributed by atoms with E-state index in [4.69, 9.17) is 0 Å². The van der Waals surface area contributed by atoms with Gasteiger partial charge in [-0.1, -0.05) is 24.3 Å². The lowest BCUT2D eigenvalue weighted by atomic mass is 9.84. The van der Waals surface area contributed by atoms with Crippen molar-refractivity contribution in [1.29, 1.82) is 0 Å². The summed E-state index contributed by atoms with van der Waals surface area (Å²) in [5, 5.41) is 7.69. The summed E-state index contributed by atoms with van der Waals surface area (Å²) in [6, 6.07) is 9.32. The number of fused-ring (bicyclic) bond motifs is 1. The smallest absolute Gasteiger partial charge is 0.137 e. The Labute approximate surface area is 101 Å². The lowest BCUT2D eigenvalue weighted by Crippen LogP contribution is -2.32. The standard InChI is InChI=1S/C13H16N4/c1-14-13-11-5-3-2-4-10(11)6-7-12(13)17-9-15-8-16-17/h2-5,8-9,12-14H,6-7H2,1H3. The summed E-state index contributed by atoms with van der Waals surface area (Å²) in [7, 11) is 2.01. The van der Waals surface area contributed by atoms with Crippen LogP contribution in [0.1, 0.15) is 29.6 Å². The van der Waals surface area contributed by atoms with Crippen molar-refractivity contribution in [3.63, 3.8) is 0 Å². The molecule has 0 saturated heterocycles. The predicted octanol–water partition coefficient (Wildman–Crippen LogP) is 1.73. The minimum Gasteiger partial charge on any atom is -0.311 e. The molecule has 4 nitrogen and oxygen atoms in total. The Bertz CT molecular complexity index is 492. The molecular weight excluding hydrogens is 212 g/mol. The first-order valence-electron chi connectivity index (χ1n) is 5.99. The summed E-state index contributed by atoms with van der Waals surface area (Å²) < 4.78 is 1.97. The Kier molecular flexibility index (Phi) is 2.65. The summed E-state index contributed by atoms with van der Waals surface area (Å²) in [5.41, 5.74) is 2.84. The molecule has 1 aliphatic carbocycles. The van der Waals surface area contributed by atoms with Gasteiger partial charge in [0.25, 0.3) is 0 Å². The molecule has 0 radical (unpaired) electrons. The van der Waals surface area contributed by atoms with Crippen LogP contribution in [0.5, 0.6) is 0 Å². The Morgan fingerprint density at radius 2 is 2.24 bits per heavy atom. The largest absolute Gasteiger partial charge is 0.311 e. The fourth-order valence-electron chi connectivity index (χ4n) is 2.76. The Balaban J connectivity index is 2.00. The van der Waals surface area contributed by atoms with E-state index in [0.29, 0.717) is 12.1 Å². The van der Waals surface area contributed by atoms with Gasteiger partial charge in [0.05, 0.1) is 12.1 Å². The van der Waals surface area contributed by atoms with Crippen LogP contribution in [-0.4, -0.2) is 21.8 Å². The van der Waals surface area contributed by atoms with Gasteiger partial charge < -0.3 is 5.32 Å². The number of hydrogen-bond acceptors (Lipinski definition) is 3. The molecule has 1 aromatic heterocycles. The van der Waals surface area contributed by atoms with E-state index in [2.05, 4.69) is 39.7 Å². The third-order valence-corrected chi connectivity index (χ3v) is 3.57. The molecule has 0 fully saturated rings. The highest BCUT2D eigenvalue weighted by Crippen LogP contribution is 2.36. The Morgan fingerprint density at radius 3 is 3.00 bits per heavy atom. The summed E-state index contributed by atoms with van der Waals surface area (Å²) in [4.78, 5) is 4.05. The first-order valence-corrected chi connectivity index (χ1v) is 5.99. The number of aromatic nitrogens is 3. The predicted molar refractivity (Wildman–Crippen MR) is 65.6 cm³/mol. The van der Waals surface area contributed by atoms with E-state index < -0.39 is 0 Å². The maximum Gasteiger partial charge on any atom is 0.137 e. The monoisotopic (exact) mass is 228 g/mol. The van der Waals surface area contributed by atoms with E-state index in [-0.39, 0.29) is 0 Å². The molecule has 88 valence electrons. The van der Waals surface area contributed by atoms with Crippen LogP contribution >= 0.6 is 0 Å². The van der Waals surface area contributed by atoms with E-state index in [1.54, 1.807) is 6.33 Å². The summed E-state index contributed by atoms with van der Waals surface area (Å²) >= 11 is 0. The molecule has 0 aliphatic heterocycles. The fourth-order valence-corrected chi connectivity index (χ4v) is 2.76. The van der Waals surface area contributed by atoms with Crippen molar-refractivity contribution in [1.82, 2.24) is 20.1 Å². The van der Waals surface area contributed by atoms with Gasteiger partial charge in [0.2, 0.25) is 0 Å². The zero-order valence-electron chi connectivity index (χ0n) is 9.87. The maximum atomic E-state index is 4.28. The zero-order valence-corrected chi connectivity index (χ0v) is 9.87. The minimum absolute atomic E-state index is 0.321. The highest BCUT2D eigenvalue weighted by atomic mass is 15.3. The Morgan fingerprint density at radius 1 is 1.35 bits per heavy atom. The quantitative estimate of drug-likeness (QED) is 0.851. The third-order valence-electron chi connectivity index (χ3n) is 3.57. The molecule has 1 aromatic carbocycles. The van der Waals surface area contributed by atoms with Crippen molar-refractivity contribution < 1.29 is 0 Å². The average Bonchev–Trinajstić information content (AvgIpc) is 2.91. The van der Waals surface area contributed by atoms with Crippen molar-refractivity contribution in [2.75, 3.05) is 7.05 Å². The molecule has 2 aromatic rings. The van der Waals surface area contributed by atoms with Gasteiger partial charge in [0.15, 0.2) is 0 Å². The number of likely N-dealkylation sites (N-methyl/N-ethyl adjacent to an activating group) is 1. The molecule has 0 bridgehead atoms. The van der Waals surface area contributed by atoms with Crippen LogP contribution in [0.15, 0.2) is 36.9 Å². The average molecular weight is 228 g/mol. The second-order valence-electron chi connectivity index (χ2n) is 4.45. The lowest BCUT2D eigenvalue weighted by Gasteiger charge is -2.33. The fraction of sp³-hybridized carbons (Fsp3) is 0.385. The molecule has 2 unspecified atom stereocenters. The number of nitrogens with one attached hydrogen (secondary N) is 1. The van der Waals surface area contributed by atoms with Gasteiger partial charge in [-0.25, -0.2) is 9.67 Å². The van der Waals surface area contributed by atoms with Crippen molar-refractivity contribution in [3.05, 3.63) is 48.0 Å². The van der Waals surface area contributed by atoms with Crippen LogP contribution < -0.4 is 5.32 Å². The molecule has 1 heterocycles. The maximum absolute atomic E-state index is 4.28. The topological polar surface area (TPSA) is 42.7 Å². The summed E-state index contributed by atoms with van der Waals surface area (Å²) in [5.74, 6) is 0. The van der Waals surface area contributed by atoms with Gasteiger partial charge in [-0.15, -0.1) is 0 Å². The number of benzene rings is 1.